The van der Waals surface area contributed by atoms with E-state index in [4.69, 9.17) is 0 Å². The molecule has 3 aromatic heterocycles. The van der Waals surface area contributed by atoms with Gasteiger partial charge in [0.1, 0.15) is 0 Å². The first kappa shape index (κ1) is 19.5. The third-order valence-electron chi connectivity index (χ3n) is 5.89. The van der Waals surface area contributed by atoms with Crippen LogP contribution in [0.1, 0.15) is 17.0 Å². The lowest BCUT2D eigenvalue weighted by Gasteiger charge is -2.37. The van der Waals surface area contributed by atoms with Crippen molar-refractivity contribution in [1.82, 2.24) is 24.8 Å². The summed E-state index contributed by atoms with van der Waals surface area (Å²) in [4.78, 5) is 8.64. The second kappa shape index (κ2) is 7.07. The third-order valence-corrected chi connectivity index (χ3v) is 5.89. The molecule has 4 heterocycles. The zero-order valence-electron chi connectivity index (χ0n) is 17.1. The van der Waals surface area contributed by atoms with Crippen LogP contribution in [0.3, 0.4) is 0 Å². The van der Waals surface area contributed by atoms with Gasteiger partial charge >= 0.3 is 6.18 Å². The van der Waals surface area contributed by atoms with Crippen molar-refractivity contribution in [3.8, 4) is 0 Å². The van der Waals surface area contributed by atoms with Gasteiger partial charge in [0.15, 0.2) is 11.5 Å². The molecule has 0 bridgehead atoms. The lowest BCUT2D eigenvalue weighted by molar-refractivity contribution is -0.146. The number of rotatable bonds is 2. The average Bonchev–Trinajstić information content (AvgIpc) is 3.21. The standard InChI is InChI=1S/C21H20F3N7/c1-13-14(2)19(28-31-18(13)26-27-20(31)21(22,23)24)30-9-7-29(8-10-30)17-12-25-11-15-5-3-4-6-16(15)17/h3-6,11-12H,7-10H2,1-2H3. The monoisotopic (exact) mass is 427 g/mol. The molecular weight excluding hydrogens is 407 g/mol. The van der Waals surface area contributed by atoms with Gasteiger partial charge in [0.2, 0.25) is 0 Å². The minimum atomic E-state index is -4.62. The first-order valence-electron chi connectivity index (χ1n) is 9.97. The topological polar surface area (TPSA) is 62.5 Å². The van der Waals surface area contributed by atoms with Crippen LogP contribution in [0.5, 0.6) is 0 Å². The van der Waals surface area contributed by atoms with Gasteiger partial charge in [0.05, 0.1) is 11.9 Å². The van der Waals surface area contributed by atoms with Gasteiger partial charge in [-0.05, 0) is 13.8 Å². The highest BCUT2D eigenvalue weighted by Gasteiger charge is 2.38. The van der Waals surface area contributed by atoms with Gasteiger partial charge in [-0.1, -0.05) is 24.3 Å². The summed E-state index contributed by atoms with van der Waals surface area (Å²) in [6, 6.07) is 8.10. The summed E-state index contributed by atoms with van der Waals surface area (Å²) in [6.45, 7) is 6.30. The molecule has 0 aliphatic carbocycles. The molecule has 4 aromatic rings. The van der Waals surface area contributed by atoms with E-state index in [1.165, 1.54) is 0 Å². The molecule has 0 N–H and O–H groups in total. The molecule has 1 aliphatic rings. The molecule has 0 unspecified atom stereocenters. The number of fused-ring (bicyclic) bond motifs is 2. The Balaban J connectivity index is 1.46. The van der Waals surface area contributed by atoms with Crippen molar-refractivity contribution in [2.75, 3.05) is 36.0 Å². The smallest absolute Gasteiger partial charge is 0.366 e. The highest BCUT2D eigenvalue weighted by Crippen LogP contribution is 2.32. The van der Waals surface area contributed by atoms with Gasteiger partial charge < -0.3 is 9.80 Å². The van der Waals surface area contributed by atoms with Gasteiger partial charge in [-0.25, -0.2) is 0 Å². The molecule has 31 heavy (non-hydrogen) atoms. The molecule has 1 saturated heterocycles. The average molecular weight is 427 g/mol. The summed E-state index contributed by atoms with van der Waals surface area (Å²) < 4.78 is 40.8. The van der Waals surface area contributed by atoms with Crippen LogP contribution in [0.15, 0.2) is 36.7 Å². The summed E-state index contributed by atoms with van der Waals surface area (Å²) in [5, 5.41) is 13.5. The predicted molar refractivity (Wildman–Crippen MR) is 111 cm³/mol. The van der Waals surface area contributed by atoms with Crippen LogP contribution >= 0.6 is 0 Å². The van der Waals surface area contributed by atoms with Crippen molar-refractivity contribution >= 4 is 27.9 Å². The van der Waals surface area contributed by atoms with Crippen molar-refractivity contribution in [3.63, 3.8) is 0 Å². The van der Waals surface area contributed by atoms with E-state index in [1.54, 1.807) is 6.92 Å². The number of aromatic nitrogens is 5. The SMILES string of the molecule is Cc1c(N2CCN(c3cncc4ccccc34)CC2)nn2c(C(F)(F)F)nnc2c1C. The number of halogens is 3. The Morgan fingerprint density at radius 1 is 0.871 bits per heavy atom. The molecule has 1 aliphatic heterocycles. The van der Waals surface area contributed by atoms with Gasteiger partial charge in [0, 0.05) is 54.3 Å². The molecule has 1 fully saturated rings. The zero-order valence-corrected chi connectivity index (χ0v) is 17.1. The normalized spacial score (nSPS) is 15.3. The maximum atomic E-state index is 13.3. The number of anilines is 2. The lowest BCUT2D eigenvalue weighted by Crippen LogP contribution is -2.47. The Kier molecular flexibility index (Phi) is 4.45. The minimum Gasteiger partial charge on any atom is -0.366 e. The number of pyridine rings is 1. The van der Waals surface area contributed by atoms with E-state index in [1.807, 2.05) is 42.4 Å². The fraction of sp³-hybridized carbons (Fsp3) is 0.333. The molecule has 10 heteroatoms. The first-order chi connectivity index (χ1) is 14.8. The molecule has 1 aromatic carbocycles. The molecule has 5 rings (SSSR count). The summed E-state index contributed by atoms with van der Waals surface area (Å²) in [5.74, 6) is -0.571. The van der Waals surface area contributed by atoms with Crippen molar-refractivity contribution in [2.45, 2.75) is 20.0 Å². The maximum absolute atomic E-state index is 13.3. The van der Waals surface area contributed by atoms with Gasteiger partial charge in [0.25, 0.3) is 5.82 Å². The van der Waals surface area contributed by atoms with E-state index < -0.39 is 12.0 Å². The molecule has 7 nitrogen and oxygen atoms in total. The van der Waals surface area contributed by atoms with Gasteiger partial charge in [-0.2, -0.15) is 17.7 Å². The summed E-state index contributed by atoms with van der Waals surface area (Å²) in [5.41, 5.74) is 2.66. The lowest BCUT2D eigenvalue weighted by atomic mass is 10.1. The number of aryl methyl sites for hydroxylation is 1. The van der Waals surface area contributed by atoms with Crippen LogP contribution in [0, 0.1) is 13.8 Å². The quantitative estimate of drug-likeness (QED) is 0.487. The predicted octanol–water partition coefficient (Wildman–Crippen LogP) is 3.63. The fourth-order valence-electron chi connectivity index (χ4n) is 4.10. The van der Waals surface area contributed by atoms with Crippen molar-refractivity contribution in [1.29, 1.82) is 0 Å². The van der Waals surface area contributed by atoms with Gasteiger partial charge in [-0.3, -0.25) is 4.98 Å². The number of nitrogens with zero attached hydrogens (tertiary/aromatic N) is 7. The second-order valence-corrected chi connectivity index (χ2v) is 7.68. The molecular formula is C21H20F3N7. The molecule has 0 radical (unpaired) electrons. The summed E-state index contributed by atoms with van der Waals surface area (Å²) >= 11 is 0. The van der Waals surface area contributed by atoms with Crippen molar-refractivity contribution in [2.24, 2.45) is 0 Å². The summed E-state index contributed by atoms with van der Waals surface area (Å²) in [7, 11) is 0. The highest BCUT2D eigenvalue weighted by atomic mass is 19.4. The van der Waals surface area contributed by atoms with E-state index in [0.29, 0.717) is 37.6 Å². The second-order valence-electron chi connectivity index (χ2n) is 7.68. The van der Waals surface area contributed by atoms with Gasteiger partial charge in [-0.15, -0.1) is 15.3 Å². The third kappa shape index (κ3) is 3.22. The Labute approximate surface area is 176 Å². The number of piperazine rings is 1. The number of hydrogen-bond donors (Lipinski definition) is 0. The van der Waals surface area contributed by atoms with E-state index in [-0.39, 0.29) is 5.65 Å². The van der Waals surface area contributed by atoms with E-state index in [2.05, 4.69) is 31.2 Å². The molecule has 0 amide bonds. The van der Waals surface area contributed by atoms with Crippen LogP contribution in [-0.4, -0.2) is 51.0 Å². The molecule has 0 saturated carbocycles. The summed E-state index contributed by atoms with van der Waals surface area (Å²) in [6.07, 6.45) is -0.909. The first-order valence-corrected chi connectivity index (χ1v) is 9.97. The Morgan fingerprint density at radius 2 is 1.58 bits per heavy atom. The number of alkyl halides is 3. The van der Waals surface area contributed by atoms with E-state index >= 15 is 0 Å². The Hall–Kier alpha value is -3.43. The van der Waals surface area contributed by atoms with Crippen LogP contribution in [0.4, 0.5) is 24.7 Å². The van der Waals surface area contributed by atoms with Crippen LogP contribution in [0.25, 0.3) is 16.4 Å². The van der Waals surface area contributed by atoms with Crippen LogP contribution in [-0.2, 0) is 6.18 Å². The van der Waals surface area contributed by atoms with E-state index in [9.17, 15) is 13.2 Å². The number of benzene rings is 1. The largest absolute Gasteiger partial charge is 0.453 e. The molecule has 0 spiro atoms. The van der Waals surface area contributed by atoms with Crippen LogP contribution < -0.4 is 9.80 Å². The van der Waals surface area contributed by atoms with Crippen LogP contribution in [0.2, 0.25) is 0 Å². The van der Waals surface area contributed by atoms with Crippen molar-refractivity contribution < 1.29 is 13.2 Å². The highest BCUT2D eigenvalue weighted by molar-refractivity contribution is 5.93. The minimum absolute atomic E-state index is 0.133. The molecule has 160 valence electrons. The fourth-order valence-corrected chi connectivity index (χ4v) is 4.10. The zero-order chi connectivity index (χ0) is 21.8. The van der Waals surface area contributed by atoms with E-state index in [0.717, 1.165) is 26.5 Å². The van der Waals surface area contributed by atoms with Crippen molar-refractivity contribution in [3.05, 3.63) is 53.6 Å². The molecule has 0 atom stereocenters. The Bertz CT molecular complexity index is 1270. The maximum Gasteiger partial charge on any atom is 0.453 e. The Morgan fingerprint density at radius 3 is 2.32 bits per heavy atom. The number of hydrogen-bond acceptors (Lipinski definition) is 6.